The fraction of sp³-hybridized carbons (Fsp3) is 0.467. The van der Waals surface area contributed by atoms with Gasteiger partial charge in [-0.15, -0.1) is 0 Å². The maximum absolute atomic E-state index is 12.4. The molecule has 106 valence electrons. The number of carbonyl (C=O) groups is 2. The monoisotopic (exact) mass is 275 g/mol. The van der Waals surface area contributed by atoms with Crippen molar-refractivity contribution in [1.29, 1.82) is 0 Å². The third kappa shape index (κ3) is 2.08. The van der Waals surface area contributed by atoms with Crippen molar-refractivity contribution in [1.82, 2.24) is 0 Å². The summed E-state index contributed by atoms with van der Waals surface area (Å²) < 4.78 is 5.61. The molecule has 2 bridgehead atoms. The summed E-state index contributed by atoms with van der Waals surface area (Å²) in [5.41, 5.74) is 1.68. The Hall–Kier alpha value is -1.88. The average Bonchev–Trinajstić information content (AvgIpc) is 3.01. The Balaban J connectivity index is 1.80. The largest absolute Gasteiger partial charge is 0.481 e. The number of aryl methyl sites for hydroxylation is 1. The number of hydrogen-bond donors (Lipinski definition) is 2. The lowest BCUT2D eigenvalue weighted by Crippen LogP contribution is -2.41. The van der Waals surface area contributed by atoms with Crippen molar-refractivity contribution >= 4 is 17.6 Å². The molecule has 1 aromatic carbocycles. The summed E-state index contributed by atoms with van der Waals surface area (Å²) in [5, 5.41) is 12.2. The van der Waals surface area contributed by atoms with Gasteiger partial charge in [0.15, 0.2) is 0 Å². The van der Waals surface area contributed by atoms with Crippen molar-refractivity contribution < 1.29 is 19.4 Å². The summed E-state index contributed by atoms with van der Waals surface area (Å²) in [7, 11) is 0. The molecule has 2 N–H and O–H groups in total. The van der Waals surface area contributed by atoms with Gasteiger partial charge < -0.3 is 15.2 Å². The maximum atomic E-state index is 12.4. The summed E-state index contributed by atoms with van der Waals surface area (Å²) >= 11 is 0. The van der Waals surface area contributed by atoms with E-state index in [1.165, 1.54) is 0 Å². The standard InChI is InChI=1S/C15H17NO4/c1-8-4-2-3-5-9(8)16-14(17)12-10-6-7-11(20-10)13(12)15(18)19/h2-5,10-13H,6-7H2,1H3,(H,16,17)(H,18,19)/t10-,11-,12-,13-/m0/s1. The zero-order valence-electron chi connectivity index (χ0n) is 11.2. The number of hydrogen-bond acceptors (Lipinski definition) is 3. The Morgan fingerprint density at radius 2 is 1.85 bits per heavy atom. The molecule has 0 saturated carbocycles. The van der Waals surface area contributed by atoms with Crippen LogP contribution in [0.3, 0.4) is 0 Å². The van der Waals surface area contributed by atoms with Crippen molar-refractivity contribution in [3.8, 4) is 0 Å². The van der Waals surface area contributed by atoms with E-state index in [2.05, 4.69) is 5.32 Å². The second kappa shape index (κ2) is 4.90. The summed E-state index contributed by atoms with van der Waals surface area (Å²) in [6.45, 7) is 1.90. The number of rotatable bonds is 3. The summed E-state index contributed by atoms with van der Waals surface area (Å²) in [4.78, 5) is 23.8. The number of amides is 1. The number of fused-ring (bicyclic) bond motifs is 2. The van der Waals surface area contributed by atoms with E-state index in [-0.39, 0.29) is 18.1 Å². The highest BCUT2D eigenvalue weighted by atomic mass is 16.5. The van der Waals surface area contributed by atoms with Gasteiger partial charge in [-0.1, -0.05) is 18.2 Å². The Kier molecular flexibility index (Phi) is 3.22. The predicted octanol–water partition coefficient (Wildman–Crippen LogP) is 1.81. The predicted molar refractivity (Wildman–Crippen MR) is 72.3 cm³/mol. The lowest BCUT2D eigenvalue weighted by Gasteiger charge is -2.24. The molecular formula is C15H17NO4. The third-order valence-electron chi connectivity index (χ3n) is 4.26. The van der Waals surface area contributed by atoms with Gasteiger partial charge >= 0.3 is 5.97 Å². The first-order valence-electron chi connectivity index (χ1n) is 6.82. The zero-order valence-corrected chi connectivity index (χ0v) is 11.2. The molecule has 0 aromatic heterocycles. The number of carboxylic acid groups (broad SMARTS) is 1. The van der Waals surface area contributed by atoms with Crippen LogP contribution in [0.1, 0.15) is 18.4 Å². The van der Waals surface area contributed by atoms with E-state index in [0.29, 0.717) is 0 Å². The molecule has 1 aromatic rings. The lowest BCUT2D eigenvalue weighted by atomic mass is 9.78. The summed E-state index contributed by atoms with van der Waals surface area (Å²) in [5.74, 6) is -2.51. The molecule has 0 aliphatic carbocycles. The minimum absolute atomic E-state index is 0.251. The van der Waals surface area contributed by atoms with Crippen LogP contribution in [-0.2, 0) is 14.3 Å². The van der Waals surface area contributed by atoms with Gasteiger partial charge in [0.05, 0.1) is 24.0 Å². The maximum Gasteiger partial charge on any atom is 0.310 e. The molecule has 5 nitrogen and oxygen atoms in total. The van der Waals surface area contributed by atoms with Crippen molar-refractivity contribution in [2.75, 3.05) is 5.32 Å². The van der Waals surface area contributed by atoms with E-state index in [4.69, 9.17) is 4.74 Å². The Morgan fingerprint density at radius 1 is 1.20 bits per heavy atom. The third-order valence-corrected chi connectivity index (χ3v) is 4.26. The van der Waals surface area contributed by atoms with Crippen LogP contribution in [-0.4, -0.2) is 29.2 Å². The van der Waals surface area contributed by atoms with Crippen molar-refractivity contribution in [2.45, 2.75) is 32.0 Å². The molecule has 3 rings (SSSR count). The van der Waals surface area contributed by atoms with Gasteiger partial charge in [-0.25, -0.2) is 0 Å². The Bertz CT molecular complexity index is 557. The SMILES string of the molecule is Cc1ccccc1NC(=O)[C@@H]1[C@@H](C(=O)O)[C@@H]2CC[C@@H]1O2. The van der Waals surface area contributed by atoms with Crippen LogP contribution in [0, 0.1) is 18.8 Å². The molecule has 2 aliphatic heterocycles. The van der Waals surface area contributed by atoms with Gasteiger partial charge in [0.2, 0.25) is 5.91 Å². The highest BCUT2D eigenvalue weighted by Gasteiger charge is 2.55. The molecular weight excluding hydrogens is 258 g/mol. The highest BCUT2D eigenvalue weighted by molar-refractivity contribution is 5.96. The Morgan fingerprint density at radius 3 is 2.50 bits per heavy atom. The van der Waals surface area contributed by atoms with Crippen LogP contribution in [0.25, 0.3) is 0 Å². The quantitative estimate of drug-likeness (QED) is 0.882. The molecule has 2 saturated heterocycles. The molecule has 5 heteroatoms. The molecule has 2 aliphatic rings. The van der Waals surface area contributed by atoms with Crippen LogP contribution in [0.5, 0.6) is 0 Å². The van der Waals surface area contributed by atoms with Crippen molar-refractivity contribution in [3.63, 3.8) is 0 Å². The van der Waals surface area contributed by atoms with Gasteiger partial charge in [-0.2, -0.15) is 0 Å². The fourth-order valence-corrected chi connectivity index (χ4v) is 3.25. The minimum Gasteiger partial charge on any atom is -0.481 e. The van der Waals surface area contributed by atoms with E-state index >= 15 is 0 Å². The number of anilines is 1. The van der Waals surface area contributed by atoms with E-state index in [0.717, 1.165) is 24.1 Å². The molecule has 0 unspecified atom stereocenters. The van der Waals surface area contributed by atoms with Crippen LogP contribution in [0.2, 0.25) is 0 Å². The minimum atomic E-state index is -0.942. The Labute approximate surface area is 116 Å². The molecule has 2 heterocycles. The fourth-order valence-electron chi connectivity index (χ4n) is 3.25. The van der Waals surface area contributed by atoms with Gasteiger partial charge in [0.25, 0.3) is 0 Å². The van der Waals surface area contributed by atoms with Gasteiger partial charge in [-0.3, -0.25) is 9.59 Å². The second-order valence-corrected chi connectivity index (χ2v) is 5.48. The van der Waals surface area contributed by atoms with Gasteiger partial charge in [0.1, 0.15) is 0 Å². The van der Waals surface area contributed by atoms with E-state index in [1.807, 2.05) is 31.2 Å². The average molecular weight is 275 g/mol. The van der Waals surface area contributed by atoms with Crippen LogP contribution >= 0.6 is 0 Å². The topological polar surface area (TPSA) is 75.6 Å². The first-order chi connectivity index (χ1) is 9.58. The first kappa shape index (κ1) is 13.1. The van der Waals surface area contributed by atoms with Gasteiger partial charge in [-0.05, 0) is 31.4 Å². The first-order valence-corrected chi connectivity index (χ1v) is 6.82. The summed E-state index contributed by atoms with van der Waals surface area (Å²) in [6, 6.07) is 7.46. The van der Waals surface area contributed by atoms with E-state index in [1.54, 1.807) is 0 Å². The highest BCUT2D eigenvalue weighted by Crippen LogP contribution is 2.44. The van der Waals surface area contributed by atoms with Crippen molar-refractivity contribution in [2.24, 2.45) is 11.8 Å². The molecule has 20 heavy (non-hydrogen) atoms. The van der Waals surface area contributed by atoms with E-state index in [9.17, 15) is 14.7 Å². The smallest absolute Gasteiger partial charge is 0.310 e. The number of para-hydroxylation sites is 1. The summed E-state index contributed by atoms with van der Waals surface area (Å²) in [6.07, 6.45) is 0.922. The number of carbonyl (C=O) groups excluding carboxylic acids is 1. The lowest BCUT2D eigenvalue weighted by molar-refractivity contribution is -0.147. The normalized spacial score (nSPS) is 31.2. The molecule has 0 radical (unpaired) electrons. The van der Waals surface area contributed by atoms with Crippen LogP contribution in [0.15, 0.2) is 24.3 Å². The van der Waals surface area contributed by atoms with Crippen molar-refractivity contribution in [3.05, 3.63) is 29.8 Å². The van der Waals surface area contributed by atoms with Crippen LogP contribution in [0.4, 0.5) is 5.69 Å². The second-order valence-electron chi connectivity index (χ2n) is 5.48. The number of carboxylic acids is 1. The molecule has 2 fully saturated rings. The van der Waals surface area contributed by atoms with E-state index < -0.39 is 17.8 Å². The van der Waals surface area contributed by atoms with Gasteiger partial charge in [0, 0.05) is 5.69 Å². The van der Waals surface area contributed by atoms with Crippen LogP contribution < -0.4 is 5.32 Å². The number of nitrogens with one attached hydrogen (secondary N) is 1. The zero-order chi connectivity index (χ0) is 14.3. The molecule has 1 amide bonds. The number of benzene rings is 1. The molecule has 4 atom stereocenters. The molecule has 0 spiro atoms. The number of ether oxygens (including phenoxy) is 1. The number of aliphatic carboxylic acids is 1.